The van der Waals surface area contributed by atoms with Crippen LogP contribution in [0.4, 0.5) is 14.5 Å². The van der Waals surface area contributed by atoms with E-state index >= 15 is 0 Å². The second kappa shape index (κ2) is 7.31. The van der Waals surface area contributed by atoms with Crippen LogP contribution in [-0.2, 0) is 10.2 Å². The van der Waals surface area contributed by atoms with Crippen LogP contribution in [0.15, 0.2) is 72.9 Å². The molecule has 0 fully saturated rings. The summed E-state index contributed by atoms with van der Waals surface area (Å²) >= 11 is 0. The minimum absolute atomic E-state index is 0.298. The molecular weight excluding hydrogens is 396 g/mol. The Morgan fingerprint density at radius 2 is 1.76 bits per heavy atom. The number of nitrogens with zero attached hydrogens (tertiary/aromatic N) is 1. The highest BCUT2D eigenvalue weighted by Crippen LogP contribution is 2.28. The number of benzene rings is 3. The van der Waals surface area contributed by atoms with E-state index in [9.17, 15) is 17.2 Å². The van der Waals surface area contributed by atoms with Gasteiger partial charge in [-0.3, -0.25) is 4.72 Å². The normalized spacial score (nSPS) is 11.7. The first-order valence-corrected chi connectivity index (χ1v) is 10.2. The molecule has 1 aromatic heterocycles. The summed E-state index contributed by atoms with van der Waals surface area (Å²) in [6.07, 6.45) is 1.85. The van der Waals surface area contributed by atoms with Crippen LogP contribution in [0.3, 0.4) is 0 Å². The van der Waals surface area contributed by atoms with Crippen molar-refractivity contribution in [1.82, 2.24) is 9.29 Å². The van der Waals surface area contributed by atoms with Crippen LogP contribution >= 0.6 is 0 Å². The first-order valence-electron chi connectivity index (χ1n) is 8.74. The van der Waals surface area contributed by atoms with Crippen molar-refractivity contribution in [2.45, 2.75) is 0 Å². The zero-order valence-corrected chi connectivity index (χ0v) is 16.2. The molecule has 0 atom stereocenters. The Kier molecular flexibility index (Phi) is 4.81. The third kappa shape index (κ3) is 3.85. The van der Waals surface area contributed by atoms with E-state index in [-0.39, 0.29) is 0 Å². The topological polar surface area (TPSA) is 63.1 Å². The number of aromatic nitrogens is 1. The van der Waals surface area contributed by atoms with Gasteiger partial charge in [0.25, 0.3) is 10.2 Å². The average molecular weight is 413 g/mol. The smallest absolute Gasteiger partial charge is 0.298 e. The second-order valence-electron chi connectivity index (χ2n) is 6.44. The summed E-state index contributed by atoms with van der Waals surface area (Å²) in [5.74, 6) is -1.27. The van der Waals surface area contributed by atoms with Gasteiger partial charge in [-0.25, -0.2) is 13.5 Å². The molecule has 0 saturated carbocycles. The lowest BCUT2D eigenvalue weighted by molar-refractivity contribution is 0.585. The average Bonchev–Trinajstić information content (AvgIpc) is 3.11. The maximum Gasteiger partial charge on any atom is 0.298 e. The van der Waals surface area contributed by atoms with E-state index in [1.165, 1.54) is 19.2 Å². The summed E-state index contributed by atoms with van der Waals surface area (Å²) in [5.41, 5.74) is 2.85. The van der Waals surface area contributed by atoms with Crippen molar-refractivity contribution < 1.29 is 17.2 Å². The molecule has 0 bridgehead atoms. The number of hydrogen-bond donors (Lipinski definition) is 2. The fourth-order valence-electron chi connectivity index (χ4n) is 3.17. The van der Waals surface area contributed by atoms with Gasteiger partial charge in [0.05, 0.1) is 11.2 Å². The van der Waals surface area contributed by atoms with Gasteiger partial charge in [0, 0.05) is 35.9 Å². The molecule has 1 heterocycles. The summed E-state index contributed by atoms with van der Waals surface area (Å²) < 4.78 is 57.5. The van der Waals surface area contributed by atoms with E-state index in [0.717, 1.165) is 22.7 Å². The summed E-state index contributed by atoms with van der Waals surface area (Å²) in [6, 6.07) is 17.8. The molecule has 4 rings (SSSR count). The van der Waals surface area contributed by atoms with Gasteiger partial charge in [-0.2, -0.15) is 8.42 Å². The van der Waals surface area contributed by atoms with Crippen molar-refractivity contribution in [3.05, 3.63) is 84.6 Å². The molecule has 3 aromatic carbocycles. The maximum atomic E-state index is 14.2. The van der Waals surface area contributed by atoms with Gasteiger partial charge in [0.15, 0.2) is 0 Å². The largest absolute Gasteiger partial charge is 0.316 e. The molecular formula is C21H17F2N3O2S. The highest BCUT2D eigenvalue weighted by molar-refractivity contribution is 7.90. The first kappa shape index (κ1) is 19.1. The van der Waals surface area contributed by atoms with Crippen molar-refractivity contribution in [3.63, 3.8) is 0 Å². The van der Waals surface area contributed by atoms with Gasteiger partial charge < -0.3 is 4.57 Å². The lowest BCUT2D eigenvalue weighted by Crippen LogP contribution is -2.26. The lowest BCUT2D eigenvalue weighted by atomic mass is 10.0. The number of fused-ring (bicyclic) bond motifs is 1. The highest BCUT2D eigenvalue weighted by Gasteiger charge is 2.11. The number of halogens is 2. The van der Waals surface area contributed by atoms with E-state index in [2.05, 4.69) is 9.44 Å². The standard InChI is InChI=1S/C21H17F2N3O2S/c1-24-29(27,28)25-17-7-5-14-9-10-26(21(14)13-17)18-4-2-3-15(11-18)19-8-6-16(22)12-20(19)23/h2-13,24-25H,1H3. The van der Waals surface area contributed by atoms with E-state index in [4.69, 9.17) is 0 Å². The van der Waals surface area contributed by atoms with Crippen LogP contribution in [0.25, 0.3) is 27.7 Å². The molecule has 0 unspecified atom stereocenters. The molecule has 2 N–H and O–H groups in total. The third-order valence-electron chi connectivity index (χ3n) is 4.58. The van der Waals surface area contributed by atoms with Crippen LogP contribution in [0, 0.1) is 11.6 Å². The van der Waals surface area contributed by atoms with Crippen molar-refractivity contribution in [1.29, 1.82) is 0 Å². The summed E-state index contributed by atoms with van der Waals surface area (Å²) in [7, 11) is -2.31. The Morgan fingerprint density at radius 3 is 2.52 bits per heavy atom. The van der Waals surface area contributed by atoms with Gasteiger partial charge in [0.2, 0.25) is 0 Å². The molecule has 8 heteroatoms. The molecule has 0 aliphatic carbocycles. The Bertz CT molecular complexity index is 1320. The summed E-state index contributed by atoms with van der Waals surface area (Å²) in [4.78, 5) is 0. The zero-order chi connectivity index (χ0) is 20.6. The Hall–Kier alpha value is -3.23. The fourth-order valence-corrected chi connectivity index (χ4v) is 3.71. The molecule has 4 aromatic rings. The zero-order valence-electron chi connectivity index (χ0n) is 15.4. The van der Waals surface area contributed by atoms with Crippen LogP contribution in [0.2, 0.25) is 0 Å². The lowest BCUT2D eigenvalue weighted by Gasteiger charge is -2.11. The van der Waals surface area contributed by atoms with Gasteiger partial charge in [-0.1, -0.05) is 18.2 Å². The Morgan fingerprint density at radius 1 is 0.931 bits per heavy atom. The molecule has 0 amide bonds. The number of rotatable bonds is 5. The molecule has 148 valence electrons. The second-order valence-corrected chi connectivity index (χ2v) is 8.06. The van der Waals surface area contributed by atoms with E-state index in [1.54, 1.807) is 30.3 Å². The fraction of sp³-hybridized carbons (Fsp3) is 0.0476. The third-order valence-corrected chi connectivity index (χ3v) is 5.62. The molecule has 0 aliphatic rings. The van der Waals surface area contributed by atoms with Gasteiger partial charge in [-0.15, -0.1) is 0 Å². The Labute approximate surface area is 166 Å². The van der Waals surface area contributed by atoms with Crippen LogP contribution in [0.1, 0.15) is 0 Å². The van der Waals surface area contributed by atoms with Gasteiger partial charge in [-0.05, 0) is 48.0 Å². The minimum Gasteiger partial charge on any atom is -0.316 e. The molecule has 0 aliphatic heterocycles. The van der Waals surface area contributed by atoms with E-state index < -0.39 is 21.8 Å². The van der Waals surface area contributed by atoms with E-state index in [1.807, 2.05) is 29.0 Å². The summed E-state index contributed by atoms with van der Waals surface area (Å²) in [5, 5.41) is 0.913. The van der Waals surface area contributed by atoms with Crippen LogP contribution in [-0.4, -0.2) is 20.0 Å². The predicted octanol–water partition coefficient (Wildman–Crippen LogP) is 4.45. The van der Waals surface area contributed by atoms with Crippen molar-refractivity contribution >= 4 is 26.8 Å². The summed E-state index contributed by atoms with van der Waals surface area (Å²) in [6.45, 7) is 0. The molecule has 29 heavy (non-hydrogen) atoms. The molecule has 0 saturated heterocycles. The minimum atomic E-state index is -3.63. The predicted molar refractivity (Wildman–Crippen MR) is 110 cm³/mol. The molecule has 5 nitrogen and oxygen atoms in total. The number of anilines is 1. The highest BCUT2D eigenvalue weighted by atomic mass is 32.2. The van der Waals surface area contributed by atoms with E-state index in [0.29, 0.717) is 16.8 Å². The van der Waals surface area contributed by atoms with Crippen molar-refractivity contribution in [3.8, 4) is 16.8 Å². The SMILES string of the molecule is CNS(=O)(=O)Nc1ccc2ccn(-c3cccc(-c4ccc(F)cc4F)c3)c2c1. The number of hydrogen-bond acceptors (Lipinski definition) is 2. The first-order chi connectivity index (χ1) is 13.9. The van der Waals surface area contributed by atoms with Gasteiger partial charge >= 0.3 is 0 Å². The molecule has 0 spiro atoms. The van der Waals surface area contributed by atoms with Gasteiger partial charge in [0.1, 0.15) is 11.6 Å². The quantitative estimate of drug-likeness (QED) is 0.508. The monoisotopic (exact) mass is 413 g/mol. The van der Waals surface area contributed by atoms with Crippen LogP contribution < -0.4 is 9.44 Å². The molecule has 0 radical (unpaired) electrons. The van der Waals surface area contributed by atoms with Crippen molar-refractivity contribution in [2.75, 3.05) is 11.8 Å². The Balaban J connectivity index is 1.79. The van der Waals surface area contributed by atoms with Crippen molar-refractivity contribution in [2.24, 2.45) is 0 Å². The van der Waals surface area contributed by atoms with Crippen LogP contribution in [0.5, 0.6) is 0 Å². The maximum absolute atomic E-state index is 14.2. The number of nitrogens with one attached hydrogen (secondary N) is 2.